The van der Waals surface area contributed by atoms with Crippen LogP contribution in [0.5, 0.6) is 0 Å². The van der Waals surface area contributed by atoms with Gasteiger partial charge in [0.05, 0.1) is 26.4 Å². The Morgan fingerprint density at radius 1 is 0.279 bits per heavy atom. The van der Waals surface area contributed by atoms with Gasteiger partial charge in [-0.15, -0.1) is 0 Å². The highest BCUT2D eigenvalue weighted by Gasteiger charge is 2.30. The van der Waals surface area contributed by atoms with E-state index in [-0.39, 0.29) is 25.7 Å². The van der Waals surface area contributed by atoms with Gasteiger partial charge in [-0.1, -0.05) is 268 Å². The molecule has 0 aromatic carbocycles. The number of carbonyl (C=O) groups excluding carboxylic acids is 4. The van der Waals surface area contributed by atoms with Crippen molar-refractivity contribution in [1.29, 1.82) is 0 Å². The van der Waals surface area contributed by atoms with Crippen LogP contribution in [-0.4, -0.2) is 96.7 Å². The molecule has 104 heavy (non-hydrogen) atoms. The molecule has 5 atom stereocenters. The van der Waals surface area contributed by atoms with Crippen molar-refractivity contribution in [3.05, 3.63) is 170 Å². The Kier molecular flexibility index (Phi) is 71.6. The molecule has 0 rings (SSSR count). The molecular formula is C85H138O17P2. The normalized spacial score (nSPS) is 14.8. The molecule has 590 valence electrons. The van der Waals surface area contributed by atoms with E-state index < -0.39 is 97.5 Å². The van der Waals surface area contributed by atoms with Crippen LogP contribution in [0, 0.1) is 0 Å². The molecule has 0 radical (unpaired) electrons. The highest BCUT2D eigenvalue weighted by Crippen LogP contribution is 2.45. The number of hydrogen-bond acceptors (Lipinski definition) is 15. The van der Waals surface area contributed by atoms with Crippen molar-refractivity contribution in [2.24, 2.45) is 0 Å². The van der Waals surface area contributed by atoms with Crippen LogP contribution >= 0.6 is 15.6 Å². The van der Waals surface area contributed by atoms with E-state index in [2.05, 4.69) is 167 Å². The zero-order valence-electron chi connectivity index (χ0n) is 64.4. The molecule has 0 aliphatic rings. The van der Waals surface area contributed by atoms with Crippen LogP contribution in [0.1, 0.15) is 285 Å². The monoisotopic (exact) mass is 1490 g/mol. The van der Waals surface area contributed by atoms with E-state index in [9.17, 15) is 43.2 Å². The number of aliphatic hydroxyl groups excluding tert-OH is 1. The average Bonchev–Trinajstić information content (AvgIpc) is 0.911. The van der Waals surface area contributed by atoms with Crippen molar-refractivity contribution in [3.8, 4) is 0 Å². The third-order valence-corrected chi connectivity index (χ3v) is 17.6. The number of rotatable bonds is 72. The molecule has 0 aromatic heterocycles. The van der Waals surface area contributed by atoms with Crippen LogP contribution in [0.15, 0.2) is 170 Å². The molecule has 0 saturated carbocycles. The number of aliphatic hydroxyl groups is 1. The van der Waals surface area contributed by atoms with Crippen molar-refractivity contribution in [2.75, 3.05) is 39.6 Å². The summed E-state index contributed by atoms with van der Waals surface area (Å²) >= 11 is 0. The van der Waals surface area contributed by atoms with E-state index >= 15 is 0 Å². The first kappa shape index (κ1) is 98.4. The molecule has 0 amide bonds. The molecule has 0 aliphatic heterocycles. The summed E-state index contributed by atoms with van der Waals surface area (Å²) in [7, 11) is -10.0. The third kappa shape index (κ3) is 74.7. The maximum Gasteiger partial charge on any atom is 0.472 e. The van der Waals surface area contributed by atoms with Crippen LogP contribution < -0.4 is 0 Å². The van der Waals surface area contributed by atoms with Gasteiger partial charge in [0.25, 0.3) is 0 Å². The lowest BCUT2D eigenvalue weighted by Gasteiger charge is -2.21. The van der Waals surface area contributed by atoms with E-state index in [0.29, 0.717) is 38.5 Å². The van der Waals surface area contributed by atoms with Gasteiger partial charge in [0.2, 0.25) is 0 Å². The number of allylic oxidation sites excluding steroid dienone is 28. The number of esters is 4. The largest absolute Gasteiger partial charge is 0.472 e. The molecule has 17 nitrogen and oxygen atoms in total. The molecule has 0 aromatic rings. The molecule has 0 saturated heterocycles. The second-order valence-electron chi connectivity index (χ2n) is 25.5. The molecule has 0 bridgehead atoms. The van der Waals surface area contributed by atoms with Crippen LogP contribution in [0.4, 0.5) is 0 Å². The number of phosphoric ester groups is 2. The summed E-state index contributed by atoms with van der Waals surface area (Å²) in [5.41, 5.74) is 0. The van der Waals surface area contributed by atoms with Crippen LogP contribution in [-0.2, 0) is 65.4 Å². The van der Waals surface area contributed by atoms with Gasteiger partial charge in [-0.2, -0.15) is 0 Å². The zero-order valence-corrected chi connectivity index (χ0v) is 66.2. The Hall–Kier alpha value is -5.58. The molecule has 0 aliphatic carbocycles. The lowest BCUT2D eigenvalue weighted by atomic mass is 10.1. The predicted octanol–water partition coefficient (Wildman–Crippen LogP) is 23.0. The summed E-state index contributed by atoms with van der Waals surface area (Å²) in [6.07, 6.45) is 89.3. The third-order valence-electron chi connectivity index (χ3n) is 15.7. The van der Waals surface area contributed by atoms with Gasteiger partial charge in [0, 0.05) is 25.7 Å². The quantitative estimate of drug-likeness (QED) is 0.0169. The standard InChI is InChI=1S/C85H138O17P2/c1-5-9-13-17-21-25-29-33-36-38-39-41-44-47-50-54-58-62-66-70-83(88)96-76-81(102-85(90)72-68-64-60-56-52-48-42-35-31-27-23-19-15-11-7-3)78-100-104(93,94)98-74-79(86)73-97-103(91,92)99-77-80(101-84(89)71-67-63-59-55-51-45-32-28-24-20-16-12-8-4)75-95-82(87)69-65-61-57-53-49-46-43-40-37-34-30-26-22-18-14-10-6-2/h9-10,13-14,21-23,25-28,32-37,39,41-43,46-47,50,53,57-58,62,79-81,86H,5-8,11-12,15-20,24,29-31,38,40,44-45,48-49,51-52,54-56,59-61,63-78H2,1-4H3,(H,91,92)(H,93,94)/b13-9-,14-10-,25-21-,26-22-,27-23-,32-28-,36-33-,37-34-,41-39-,42-35-,46-43-,50-47-,57-53-,62-58-. The minimum Gasteiger partial charge on any atom is -0.462 e. The number of ether oxygens (including phenoxy) is 4. The molecular weight excluding hydrogens is 1350 g/mol. The van der Waals surface area contributed by atoms with Crippen LogP contribution in [0.25, 0.3) is 0 Å². The Morgan fingerprint density at radius 3 is 0.885 bits per heavy atom. The van der Waals surface area contributed by atoms with Gasteiger partial charge < -0.3 is 33.8 Å². The number of carbonyl (C=O) groups is 4. The van der Waals surface area contributed by atoms with Gasteiger partial charge >= 0.3 is 39.5 Å². The fourth-order valence-corrected chi connectivity index (χ4v) is 11.3. The van der Waals surface area contributed by atoms with E-state index in [1.54, 1.807) is 0 Å². The maximum atomic E-state index is 13.1. The zero-order chi connectivity index (χ0) is 76.0. The van der Waals surface area contributed by atoms with E-state index in [1.807, 2.05) is 30.4 Å². The lowest BCUT2D eigenvalue weighted by molar-refractivity contribution is -0.161. The van der Waals surface area contributed by atoms with Crippen molar-refractivity contribution in [2.45, 2.75) is 303 Å². The van der Waals surface area contributed by atoms with Gasteiger partial charge in [-0.3, -0.25) is 37.3 Å². The summed E-state index contributed by atoms with van der Waals surface area (Å²) in [4.78, 5) is 72.9. The second kappa shape index (κ2) is 75.6. The van der Waals surface area contributed by atoms with Crippen molar-refractivity contribution >= 4 is 39.5 Å². The first-order chi connectivity index (χ1) is 50.7. The van der Waals surface area contributed by atoms with Crippen LogP contribution in [0.2, 0.25) is 0 Å². The number of hydrogen-bond donors (Lipinski definition) is 3. The minimum atomic E-state index is -5.01. The smallest absolute Gasteiger partial charge is 0.462 e. The first-order valence-corrected chi connectivity index (χ1v) is 42.4. The molecule has 0 spiro atoms. The Labute approximate surface area is 629 Å². The van der Waals surface area contributed by atoms with Crippen molar-refractivity contribution < 1.29 is 80.2 Å². The topological polar surface area (TPSA) is 237 Å². The molecule has 19 heteroatoms. The van der Waals surface area contributed by atoms with Gasteiger partial charge in [-0.25, -0.2) is 9.13 Å². The van der Waals surface area contributed by atoms with Gasteiger partial charge in [0.15, 0.2) is 12.2 Å². The summed E-state index contributed by atoms with van der Waals surface area (Å²) in [6.45, 7) is 4.41. The molecule has 0 fully saturated rings. The lowest BCUT2D eigenvalue weighted by Crippen LogP contribution is -2.30. The first-order valence-electron chi connectivity index (χ1n) is 39.4. The summed E-state index contributed by atoms with van der Waals surface area (Å²) in [5, 5.41) is 10.6. The SMILES string of the molecule is CC/C=C\C/C=C\C/C=C\C/C=C\C/C=C\C/C=C\CCC(=O)OCC(COP(=O)(O)OCC(O)COP(=O)(O)OCC(COC(=O)CCC/C=C\C/C=C\C/C=C\C/C=C\C/C=C\CC)OC(=O)CCCCCCC/C=C\CCCCCC)OC(=O)CCCCCCC/C=C\C/C=C\CCCCC. The van der Waals surface area contributed by atoms with Crippen LogP contribution in [0.3, 0.4) is 0 Å². The highest BCUT2D eigenvalue weighted by molar-refractivity contribution is 7.47. The second-order valence-corrected chi connectivity index (χ2v) is 28.4. The number of phosphoric acid groups is 2. The molecule has 5 unspecified atom stereocenters. The Balaban J connectivity index is 5.49. The fraction of sp³-hybridized carbons (Fsp3) is 0.624. The van der Waals surface area contributed by atoms with Gasteiger partial charge in [-0.05, 0) is 161 Å². The Morgan fingerprint density at radius 2 is 0.529 bits per heavy atom. The fourth-order valence-electron chi connectivity index (χ4n) is 9.72. The highest BCUT2D eigenvalue weighted by atomic mass is 31.2. The molecule has 0 heterocycles. The molecule has 3 N–H and O–H groups in total. The van der Waals surface area contributed by atoms with Crippen molar-refractivity contribution in [1.82, 2.24) is 0 Å². The Bertz CT molecular complexity index is 2640. The van der Waals surface area contributed by atoms with E-state index in [1.165, 1.54) is 44.9 Å². The van der Waals surface area contributed by atoms with E-state index in [0.717, 1.165) is 148 Å². The minimum absolute atomic E-state index is 0.0264. The summed E-state index contributed by atoms with van der Waals surface area (Å²) in [6, 6.07) is 0. The average molecular weight is 1490 g/mol. The number of unbranched alkanes of at least 4 members (excludes halogenated alkanes) is 18. The summed E-state index contributed by atoms with van der Waals surface area (Å²) < 4.78 is 68.4. The predicted molar refractivity (Wildman–Crippen MR) is 426 cm³/mol. The van der Waals surface area contributed by atoms with Gasteiger partial charge in [0.1, 0.15) is 19.3 Å². The maximum absolute atomic E-state index is 13.1. The van der Waals surface area contributed by atoms with Crippen molar-refractivity contribution in [3.63, 3.8) is 0 Å². The summed E-state index contributed by atoms with van der Waals surface area (Å²) in [5.74, 6) is -2.38. The van der Waals surface area contributed by atoms with E-state index in [4.69, 9.17) is 37.0 Å².